The Kier molecular flexibility index (Phi) is 5.24. The summed E-state index contributed by atoms with van der Waals surface area (Å²) in [5, 5.41) is 0. The minimum Gasteiger partial charge on any atom is -0.336 e. The third-order valence-corrected chi connectivity index (χ3v) is 5.64. The molecule has 6 nitrogen and oxygen atoms in total. The molecule has 8 heteroatoms. The van der Waals surface area contributed by atoms with Gasteiger partial charge in [0.1, 0.15) is 5.82 Å². The van der Waals surface area contributed by atoms with E-state index in [2.05, 4.69) is 9.62 Å². The summed E-state index contributed by atoms with van der Waals surface area (Å²) in [6.07, 6.45) is 0. The van der Waals surface area contributed by atoms with Gasteiger partial charge in [-0.05, 0) is 43.4 Å². The number of hydrogen-bond acceptors (Lipinski definition) is 4. The van der Waals surface area contributed by atoms with Crippen LogP contribution in [0.25, 0.3) is 0 Å². The van der Waals surface area contributed by atoms with E-state index < -0.39 is 15.8 Å². The summed E-state index contributed by atoms with van der Waals surface area (Å²) >= 11 is 0. The van der Waals surface area contributed by atoms with Crippen molar-refractivity contribution in [2.45, 2.75) is 4.90 Å². The molecule has 138 valence electrons. The van der Waals surface area contributed by atoms with Gasteiger partial charge in [-0.2, -0.15) is 0 Å². The van der Waals surface area contributed by atoms with Gasteiger partial charge in [0.05, 0.1) is 10.6 Å². The Hall–Kier alpha value is -2.45. The van der Waals surface area contributed by atoms with Crippen molar-refractivity contribution in [2.75, 3.05) is 37.9 Å². The van der Waals surface area contributed by atoms with Gasteiger partial charge in [-0.25, -0.2) is 12.8 Å². The number of amides is 1. The summed E-state index contributed by atoms with van der Waals surface area (Å²) in [6, 6.07) is 11.1. The Labute approximate surface area is 152 Å². The fourth-order valence-corrected chi connectivity index (χ4v) is 3.85. The molecule has 0 radical (unpaired) electrons. The van der Waals surface area contributed by atoms with Crippen LogP contribution < -0.4 is 4.72 Å². The highest BCUT2D eigenvalue weighted by Crippen LogP contribution is 2.19. The van der Waals surface area contributed by atoms with Crippen LogP contribution in [-0.4, -0.2) is 57.4 Å². The summed E-state index contributed by atoms with van der Waals surface area (Å²) in [6.45, 7) is 2.78. The second kappa shape index (κ2) is 7.43. The molecule has 1 aliphatic rings. The maximum atomic E-state index is 13.3. The molecule has 0 spiro atoms. The first-order valence-corrected chi connectivity index (χ1v) is 9.70. The summed E-state index contributed by atoms with van der Waals surface area (Å²) in [4.78, 5) is 16.4. The van der Waals surface area contributed by atoms with Crippen LogP contribution in [0.1, 0.15) is 10.4 Å². The normalized spacial score (nSPS) is 15.7. The van der Waals surface area contributed by atoms with Crippen molar-refractivity contribution in [2.24, 2.45) is 0 Å². The number of anilines is 1. The third kappa shape index (κ3) is 4.20. The maximum absolute atomic E-state index is 13.3. The lowest BCUT2D eigenvalue weighted by molar-refractivity contribution is 0.0664. The van der Waals surface area contributed by atoms with E-state index in [-0.39, 0.29) is 16.5 Å². The predicted molar refractivity (Wildman–Crippen MR) is 97.1 cm³/mol. The third-order valence-electron chi connectivity index (χ3n) is 4.26. The van der Waals surface area contributed by atoms with Gasteiger partial charge in [0.15, 0.2) is 0 Å². The van der Waals surface area contributed by atoms with Crippen LogP contribution in [0.3, 0.4) is 0 Å². The monoisotopic (exact) mass is 377 g/mol. The average Bonchev–Trinajstić information content (AvgIpc) is 2.61. The zero-order valence-corrected chi connectivity index (χ0v) is 15.2. The minimum absolute atomic E-state index is 0.0401. The summed E-state index contributed by atoms with van der Waals surface area (Å²) in [7, 11) is -1.93. The van der Waals surface area contributed by atoms with E-state index in [0.717, 1.165) is 19.2 Å². The number of nitrogens with zero attached hydrogens (tertiary/aromatic N) is 2. The molecule has 0 saturated carbocycles. The fraction of sp³-hybridized carbons (Fsp3) is 0.278. The van der Waals surface area contributed by atoms with Crippen molar-refractivity contribution in [3.8, 4) is 0 Å². The van der Waals surface area contributed by atoms with Gasteiger partial charge in [-0.3, -0.25) is 9.52 Å². The van der Waals surface area contributed by atoms with E-state index in [0.29, 0.717) is 18.7 Å². The number of piperazine rings is 1. The van der Waals surface area contributed by atoms with Crippen LogP contribution in [0.5, 0.6) is 0 Å². The first kappa shape index (κ1) is 18.3. The van der Waals surface area contributed by atoms with Gasteiger partial charge in [0, 0.05) is 31.7 Å². The Balaban J connectivity index is 1.81. The first-order valence-electron chi connectivity index (χ1n) is 8.21. The number of halogens is 1. The van der Waals surface area contributed by atoms with Crippen LogP contribution in [0, 0.1) is 5.82 Å². The number of carbonyl (C=O) groups excluding carboxylic acids is 1. The molecule has 0 aliphatic carbocycles. The Bertz CT molecular complexity index is 909. The highest BCUT2D eigenvalue weighted by molar-refractivity contribution is 7.92. The van der Waals surface area contributed by atoms with Crippen molar-refractivity contribution in [1.29, 1.82) is 0 Å². The topological polar surface area (TPSA) is 69.7 Å². The molecule has 1 amide bonds. The fourth-order valence-electron chi connectivity index (χ4n) is 2.75. The van der Waals surface area contributed by atoms with E-state index in [1.54, 1.807) is 11.0 Å². The molecule has 1 fully saturated rings. The molecule has 0 aromatic heterocycles. The number of carbonyl (C=O) groups is 1. The van der Waals surface area contributed by atoms with Crippen molar-refractivity contribution >= 4 is 21.6 Å². The number of sulfonamides is 1. The van der Waals surface area contributed by atoms with Crippen LogP contribution >= 0.6 is 0 Å². The number of rotatable bonds is 4. The summed E-state index contributed by atoms with van der Waals surface area (Å²) in [5.41, 5.74) is 0.442. The highest BCUT2D eigenvalue weighted by atomic mass is 32.2. The number of benzene rings is 2. The SMILES string of the molecule is CN1CCN(C(=O)c2cccc(S(=O)(=O)Nc3cccc(F)c3)c2)CC1. The van der Waals surface area contributed by atoms with Gasteiger partial charge >= 0.3 is 0 Å². The second-order valence-electron chi connectivity index (χ2n) is 6.24. The highest BCUT2D eigenvalue weighted by Gasteiger charge is 2.22. The standard InChI is InChI=1S/C18H20FN3O3S/c1-21-8-10-22(11-9-21)18(23)14-4-2-7-17(12-14)26(24,25)20-16-6-3-5-15(19)13-16/h2-7,12-13,20H,8-11H2,1H3. The van der Waals surface area contributed by atoms with E-state index in [1.165, 1.54) is 36.4 Å². The largest absolute Gasteiger partial charge is 0.336 e. The second-order valence-corrected chi connectivity index (χ2v) is 7.92. The van der Waals surface area contributed by atoms with Crippen molar-refractivity contribution in [1.82, 2.24) is 9.80 Å². The zero-order chi connectivity index (χ0) is 18.7. The lowest BCUT2D eigenvalue weighted by Crippen LogP contribution is -2.47. The van der Waals surface area contributed by atoms with E-state index in [9.17, 15) is 17.6 Å². The molecule has 0 bridgehead atoms. The average molecular weight is 377 g/mol. The van der Waals surface area contributed by atoms with E-state index in [1.807, 2.05) is 7.05 Å². The Morgan fingerprint density at radius 2 is 1.73 bits per heavy atom. The molecular formula is C18H20FN3O3S. The van der Waals surface area contributed by atoms with Crippen molar-refractivity contribution in [3.05, 3.63) is 59.9 Å². The van der Waals surface area contributed by atoms with Gasteiger partial charge in [-0.1, -0.05) is 12.1 Å². The Morgan fingerprint density at radius 3 is 2.42 bits per heavy atom. The molecule has 2 aromatic carbocycles. The molecule has 2 aromatic rings. The summed E-state index contributed by atoms with van der Waals surface area (Å²) in [5.74, 6) is -0.731. The lowest BCUT2D eigenvalue weighted by Gasteiger charge is -2.32. The van der Waals surface area contributed by atoms with Crippen LogP contribution in [-0.2, 0) is 10.0 Å². The molecule has 0 atom stereocenters. The van der Waals surface area contributed by atoms with Crippen molar-refractivity contribution < 1.29 is 17.6 Å². The van der Waals surface area contributed by atoms with Crippen molar-refractivity contribution in [3.63, 3.8) is 0 Å². The number of likely N-dealkylation sites (N-methyl/N-ethyl adjacent to an activating group) is 1. The molecule has 3 rings (SSSR count). The molecule has 1 N–H and O–H groups in total. The molecule has 1 heterocycles. The van der Waals surface area contributed by atoms with Crippen LogP contribution in [0.4, 0.5) is 10.1 Å². The zero-order valence-electron chi connectivity index (χ0n) is 14.4. The predicted octanol–water partition coefficient (Wildman–Crippen LogP) is 2.01. The Morgan fingerprint density at radius 1 is 1.04 bits per heavy atom. The minimum atomic E-state index is -3.92. The number of hydrogen-bond donors (Lipinski definition) is 1. The van der Waals surface area contributed by atoms with E-state index >= 15 is 0 Å². The smallest absolute Gasteiger partial charge is 0.261 e. The molecule has 26 heavy (non-hydrogen) atoms. The van der Waals surface area contributed by atoms with Gasteiger partial charge < -0.3 is 9.80 Å². The maximum Gasteiger partial charge on any atom is 0.261 e. The number of nitrogens with one attached hydrogen (secondary N) is 1. The van der Waals surface area contributed by atoms with Gasteiger partial charge in [0.2, 0.25) is 0 Å². The van der Waals surface area contributed by atoms with Gasteiger partial charge in [0.25, 0.3) is 15.9 Å². The molecule has 0 unspecified atom stereocenters. The quantitative estimate of drug-likeness (QED) is 0.885. The lowest BCUT2D eigenvalue weighted by atomic mass is 10.2. The van der Waals surface area contributed by atoms with Crippen LogP contribution in [0.15, 0.2) is 53.4 Å². The molecule has 1 aliphatic heterocycles. The van der Waals surface area contributed by atoms with E-state index in [4.69, 9.17) is 0 Å². The van der Waals surface area contributed by atoms with Gasteiger partial charge in [-0.15, -0.1) is 0 Å². The first-order chi connectivity index (χ1) is 12.3. The molecular weight excluding hydrogens is 357 g/mol. The summed E-state index contributed by atoms with van der Waals surface area (Å²) < 4.78 is 40.7. The van der Waals surface area contributed by atoms with Crippen LogP contribution in [0.2, 0.25) is 0 Å². The molecule has 1 saturated heterocycles.